The van der Waals surface area contributed by atoms with Crippen LogP contribution in [0.25, 0.3) is 0 Å². The molecule has 0 saturated carbocycles. The molecule has 0 aromatic heterocycles. The Morgan fingerprint density at radius 3 is 1.17 bits per heavy atom. The van der Waals surface area contributed by atoms with Crippen LogP contribution in [0.1, 0.15) is 303 Å². The van der Waals surface area contributed by atoms with Crippen LogP contribution in [-0.4, -0.2) is 87.5 Å². The second-order valence-electron chi connectivity index (χ2n) is 21.8. The summed E-state index contributed by atoms with van der Waals surface area (Å²) in [5.74, 6) is -0.188. The van der Waals surface area contributed by atoms with Crippen LogP contribution in [0.4, 0.5) is 0 Å². The molecule has 72 heavy (non-hydrogen) atoms. The summed E-state index contributed by atoms with van der Waals surface area (Å²) in [6.07, 6.45) is 62.4. The monoisotopic (exact) mass is 1020 g/mol. The van der Waals surface area contributed by atoms with Crippen molar-refractivity contribution in [3.63, 3.8) is 0 Å². The fourth-order valence-corrected chi connectivity index (χ4v) is 9.99. The highest BCUT2D eigenvalue weighted by Gasteiger charge is 2.44. The van der Waals surface area contributed by atoms with Gasteiger partial charge in [-0.25, -0.2) is 0 Å². The Labute approximate surface area is 444 Å². The van der Waals surface area contributed by atoms with Crippen LogP contribution in [0.2, 0.25) is 0 Å². The molecule has 1 aliphatic heterocycles. The minimum atomic E-state index is -1.57. The van der Waals surface area contributed by atoms with E-state index in [0.717, 1.165) is 51.4 Å². The van der Waals surface area contributed by atoms with Crippen LogP contribution in [0, 0.1) is 0 Å². The second kappa shape index (κ2) is 52.8. The van der Waals surface area contributed by atoms with E-state index in [1.165, 1.54) is 231 Å². The number of amides is 1. The third-order valence-electron chi connectivity index (χ3n) is 14.9. The first kappa shape index (κ1) is 68.4. The number of ether oxygens (including phenoxy) is 2. The Bertz CT molecular complexity index is 1230. The van der Waals surface area contributed by atoms with Gasteiger partial charge in [-0.15, -0.1) is 0 Å². The Morgan fingerprint density at radius 2 is 0.792 bits per heavy atom. The number of allylic oxidation sites excluding steroid dienone is 5. The number of carbonyl (C=O) groups is 1. The molecule has 6 N–H and O–H groups in total. The van der Waals surface area contributed by atoms with Crippen molar-refractivity contribution in [2.45, 2.75) is 346 Å². The minimum absolute atomic E-state index is 0.188. The lowest BCUT2D eigenvalue weighted by molar-refractivity contribution is -0.302. The standard InChI is InChI=1S/C63H119NO8/c1-3-5-7-9-11-13-15-17-19-21-23-24-25-26-27-28-29-30-31-32-33-34-35-36-38-40-42-44-46-48-50-52-57(66)56(55-71-63-62(70)61(69)60(68)58(54-65)72-63)64-59(67)53-51-49-47-45-43-41-39-37-22-20-18-16-14-12-10-8-6-4-2/h20,22,42,44,50,52,56-58,60-63,65-66,68-70H,3-19,21,23-41,43,45-49,51,53-55H2,1-2H3,(H,64,67)/b22-20-,44-42+,52-50+. The predicted octanol–water partition coefficient (Wildman–Crippen LogP) is 15.9. The molecule has 0 radical (unpaired) electrons. The third kappa shape index (κ3) is 41.6. The molecule has 1 rings (SSSR count). The molecule has 1 saturated heterocycles. The average molecular weight is 1020 g/mol. The van der Waals surface area contributed by atoms with Crippen molar-refractivity contribution in [3.05, 3.63) is 36.5 Å². The smallest absolute Gasteiger partial charge is 0.220 e. The first-order chi connectivity index (χ1) is 35.3. The maximum atomic E-state index is 13.0. The maximum absolute atomic E-state index is 13.0. The van der Waals surface area contributed by atoms with Crippen molar-refractivity contribution in [2.75, 3.05) is 13.2 Å². The summed E-state index contributed by atoms with van der Waals surface area (Å²) in [5, 5.41) is 54.5. The van der Waals surface area contributed by atoms with E-state index < -0.39 is 49.5 Å². The van der Waals surface area contributed by atoms with Gasteiger partial charge in [0.1, 0.15) is 24.4 Å². The summed E-state index contributed by atoms with van der Waals surface area (Å²) in [6.45, 7) is 3.79. The summed E-state index contributed by atoms with van der Waals surface area (Å²) in [5.41, 5.74) is 0. The number of aliphatic hydroxyl groups is 5. The number of hydrogen-bond acceptors (Lipinski definition) is 8. The van der Waals surface area contributed by atoms with Gasteiger partial charge in [0.05, 0.1) is 25.4 Å². The van der Waals surface area contributed by atoms with Gasteiger partial charge >= 0.3 is 0 Å². The fraction of sp³-hybridized carbons (Fsp3) is 0.889. The van der Waals surface area contributed by atoms with Crippen LogP contribution < -0.4 is 5.32 Å². The van der Waals surface area contributed by atoms with Crippen molar-refractivity contribution in [3.8, 4) is 0 Å². The van der Waals surface area contributed by atoms with Gasteiger partial charge in [0.2, 0.25) is 5.91 Å². The van der Waals surface area contributed by atoms with E-state index in [-0.39, 0.29) is 12.5 Å². The van der Waals surface area contributed by atoms with E-state index in [9.17, 15) is 30.3 Å². The van der Waals surface area contributed by atoms with Crippen LogP contribution >= 0.6 is 0 Å². The number of rotatable bonds is 54. The van der Waals surface area contributed by atoms with Crippen LogP contribution in [0.15, 0.2) is 36.5 Å². The van der Waals surface area contributed by atoms with E-state index in [1.807, 2.05) is 6.08 Å². The molecule has 7 unspecified atom stereocenters. The summed E-state index contributed by atoms with van der Waals surface area (Å²) < 4.78 is 11.3. The molecular weight excluding hydrogens is 899 g/mol. The molecule has 9 heteroatoms. The lowest BCUT2D eigenvalue weighted by Crippen LogP contribution is -2.60. The predicted molar refractivity (Wildman–Crippen MR) is 304 cm³/mol. The van der Waals surface area contributed by atoms with E-state index in [2.05, 4.69) is 43.5 Å². The highest BCUT2D eigenvalue weighted by Crippen LogP contribution is 2.23. The Morgan fingerprint density at radius 1 is 0.458 bits per heavy atom. The Hall–Kier alpha value is -1.59. The third-order valence-corrected chi connectivity index (χ3v) is 14.9. The first-order valence-corrected chi connectivity index (χ1v) is 31.2. The highest BCUT2D eigenvalue weighted by molar-refractivity contribution is 5.76. The Balaban J connectivity index is 2.18. The molecule has 0 aliphatic carbocycles. The normalized spacial score (nSPS) is 19.3. The molecule has 0 spiro atoms. The topological polar surface area (TPSA) is 149 Å². The summed E-state index contributed by atoms with van der Waals surface area (Å²) >= 11 is 0. The molecule has 7 atom stereocenters. The zero-order valence-corrected chi connectivity index (χ0v) is 47.2. The molecule has 424 valence electrons. The van der Waals surface area contributed by atoms with Crippen LogP contribution in [0.5, 0.6) is 0 Å². The van der Waals surface area contributed by atoms with Crippen molar-refractivity contribution in [2.24, 2.45) is 0 Å². The summed E-state index contributed by atoms with van der Waals surface area (Å²) in [6, 6.07) is -0.824. The van der Waals surface area contributed by atoms with E-state index in [1.54, 1.807) is 6.08 Å². The number of hydrogen-bond donors (Lipinski definition) is 6. The molecular formula is C63H119NO8. The first-order valence-electron chi connectivity index (χ1n) is 31.2. The van der Waals surface area contributed by atoms with Crippen LogP contribution in [-0.2, 0) is 14.3 Å². The molecule has 1 aliphatic rings. The zero-order valence-electron chi connectivity index (χ0n) is 47.2. The highest BCUT2D eigenvalue weighted by atomic mass is 16.7. The fourth-order valence-electron chi connectivity index (χ4n) is 9.99. The number of unbranched alkanes of at least 4 members (excludes halogenated alkanes) is 40. The second-order valence-corrected chi connectivity index (χ2v) is 21.8. The number of carbonyl (C=O) groups excluding carboxylic acids is 1. The van der Waals surface area contributed by atoms with E-state index >= 15 is 0 Å². The van der Waals surface area contributed by atoms with E-state index in [4.69, 9.17) is 9.47 Å². The molecule has 1 fully saturated rings. The molecule has 1 heterocycles. The lowest BCUT2D eigenvalue weighted by atomic mass is 9.99. The van der Waals surface area contributed by atoms with Gasteiger partial charge in [-0.3, -0.25) is 4.79 Å². The van der Waals surface area contributed by atoms with Crippen molar-refractivity contribution < 1.29 is 39.8 Å². The van der Waals surface area contributed by atoms with Gasteiger partial charge < -0.3 is 40.3 Å². The molecule has 9 nitrogen and oxygen atoms in total. The lowest BCUT2D eigenvalue weighted by Gasteiger charge is -2.40. The number of aliphatic hydroxyl groups excluding tert-OH is 5. The van der Waals surface area contributed by atoms with Crippen LogP contribution in [0.3, 0.4) is 0 Å². The molecule has 1 amide bonds. The molecule has 0 aromatic rings. The van der Waals surface area contributed by atoms with Gasteiger partial charge in [0.25, 0.3) is 0 Å². The van der Waals surface area contributed by atoms with Gasteiger partial charge in [0, 0.05) is 6.42 Å². The van der Waals surface area contributed by atoms with Gasteiger partial charge in [-0.1, -0.05) is 275 Å². The largest absolute Gasteiger partial charge is 0.394 e. The van der Waals surface area contributed by atoms with E-state index in [0.29, 0.717) is 6.42 Å². The quantitative estimate of drug-likeness (QED) is 0.0261. The van der Waals surface area contributed by atoms with Crippen molar-refractivity contribution >= 4 is 5.91 Å². The number of nitrogens with one attached hydrogen (secondary N) is 1. The summed E-state index contributed by atoms with van der Waals surface area (Å²) in [7, 11) is 0. The summed E-state index contributed by atoms with van der Waals surface area (Å²) in [4.78, 5) is 13.0. The zero-order chi connectivity index (χ0) is 52.2. The van der Waals surface area contributed by atoms with Crippen molar-refractivity contribution in [1.29, 1.82) is 0 Å². The average Bonchev–Trinajstić information content (AvgIpc) is 3.38. The van der Waals surface area contributed by atoms with Gasteiger partial charge in [-0.05, 0) is 57.8 Å². The molecule has 0 bridgehead atoms. The van der Waals surface area contributed by atoms with Gasteiger partial charge in [0.15, 0.2) is 6.29 Å². The van der Waals surface area contributed by atoms with Gasteiger partial charge in [-0.2, -0.15) is 0 Å². The molecule has 0 aromatic carbocycles. The maximum Gasteiger partial charge on any atom is 0.220 e. The minimum Gasteiger partial charge on any atom is -0.394 e. The Kier molecular flexibility index (Phi) is 50.2. The van der Waals surface area contributed by atoms with Crippen molar-refractivity contribution in [1.82, 2.24) is 5.32 Å². The SMILES string of the molecule is CCCCCCCCC/C=C\CCCCCCCCCC(=O)NC(COC1OC(CO)C(O)C(O)C1O)C(O)/C=C/CC/C=C/CCCCCCCCCCCCCCCCCCCCCCCCCCC.